The van der Waals surface area contributed by atoms with Gasteiger partial charge in [-0.3, -0.25) is 4.79 Å². The maximum Gasteiger partial charge on any atom is 0.340 e. The second-order valence-electron chi connectivity index (χ2n) is 4.65. The number of likely N-dealkylation sites (N-methyl/N-ethyl adjacent to an activating group) is 1. The van der Waals surface area contributed by atoms with Crippen LogP contribution in [0.15, 0.2) is 41.1 Å². The van der Waals surface area contributed by atoms with Gasteiger partial charge in [0.2, 0.25) is 0 Å². The summed E-state index contributed by atoms with van der Waals surface area (Å²) in [7, 11) is 4.51. The zero-order valence-corrected chi connectivity index (χ0v) is 12.5. The summed E-state index contributed by atoms with van der Waals surface area (Å²) in [6, 6.07) is 7.27. The number of esters is 1. The Bertz CT molecular complexity index is 658. The van der Waals surface area contributed by atoms with Gasteiger partial charge in [-0.1, -0.05) is 12.1 Å². The lowest BCUT2D eigenvalue weighted by atomic mass is 10.0. The van der Waals surface area contributed by atoms with E-state index in [-0.39, 0.29) is 5.91 Å². The highest BCUT2D eigenvalue weighted by Gasteiger charge is 2.34. The number of hydrogen-bond acceptors (Lipinski definition) is 4. The molecule has 0 spiro atoms. The van der Waals surface area contributed by atoms with Crippen molar-refractivity contribution in [2.45, 2.75) is 6.92 Å². The summed E-state index contributed by atoms with van der Waals surface area (Å²) in [5.41, 5.74) is 1.99. The van der Waals surface area contributed by atoms with Gasteiger partial charge in [-0.15, -0.1) is 0 Å². The van der Waals surface area contributed by atoms with Gasteiger partial charge in [-0.2, -0.15) is 0 Å². The van der Waals surface area contributed by atoms with E-state index in [1.165, 1.54) is 12.0 Å². The summed E-state index contributed by atoms with van der Waals surface area (Å²) in [5, 5.41) is 0. The Morgan fingerprint density at radius 1 is 1.29 bits per heavy atom. The molecule has 0 atom stereocenters. The molecule has 5 heteroatoms. The maximum atomic E-state index is 12.3. The molecule has 1 aromatic rings. The van der Waals surface area contributed by atoms with Crippen LogP contribution >= 0.6 is 0 Å². The monoisotopic (exact) mass is 287 g/mol. The average Bonchev–Trinajstić information content (AvgIpc) is 2.71. The second kappa shape index (κ2) is 5.83. The minimum Gasteiger partial charge on any atom is -0.497 e. The average molecular weight is 287 g/mol. The molecule has 0 bridgehead atoms. The molecule has 0 radical (unpaired) electrons. The van der Waals surface area contributed by atoms with E-state index in [2.05, 4.69) is 0 Å². The van der Waals surface area contributed by atoms with Gasteiger partial charge in [0, 0.05) is 12.7 Å². The van der Waals surface area contributed by atoms with Crippen LogP contribution in [0.1, 0.15) is 12.5 Å². The van der Waals surface area contributed by atoms with Crippen LogP contribution in [0.4, 0.5) is 0 Å². The molecule has 5 nitrogen and oxygen atoms in total. The van der Waals surface area contributed by atoms with Crippen molar-refractivity contribution in [2.75, 3.05) is 21.3 Å². The molecule has 0 fully saturated rings. The molecule has 0 aromatic heterocycles. The van der Waals surface area contributed by atoms with E-state index in [1.54, 1.807) is 33.2 Å². The zero-order chi connectivity index (χ0) is 15.6. The quantitative estimate of drug-likeness (QED) is 0.630. The molecular formula is C16H17NO4. The number of carbonyl (C=O) groups excluding carboxylic acids is 2. The van der Waals surface area contributed by atoms with Crippen molar-refractivity contribution in [3.8, 4) is 5.75 Å². The fourth-order valence-corrected chi connectivity index (χ4v) is 2.19. The van der Waals surface area contributed by atoms with Crippen molar-refractivity contribution in [1.29, 1.82) is 0 Å². The highest BCUT2D eigenvalue weighted by atomic mass is 16.5. The van der Waals surface area contributed by atoms with Gasteiger partial charge >= 0.3 is 5.97 Å². The number of amides is 1. The molecule has 110 valence electrons. The van der Waals surface area contributed by atoms with Gasteiger partial charge in [-0.05, 0) is 30.7 Å². The first-order valence-corrected chi connectivity index (χ1v) is 6.43. The standard InChI is InChI=1S/C16H17NO4/c1-10-14(16(19)21-4)13(15(18)17(10)2)9-11-6-5-7-12(8-11)20-3/h5-9H,1-4H3/b13-9-. The molecule has 0 saturated heterocycles. The molecule has 0 N–H and O–H groups in total. The van der Waals surface area contributed by atoms with Crippen molar-refractivity contribution in [2.24, 2.45) is 0 Å². The number of methoxy groups -OCH3 is 2. The highest BCUT2D eigenvalue weighted by molar-refractivity contribution is 6.16. The lowest BCUT2D eigenvalue weighted by Gasteiger charge is -2.08. The predicted octanol–water partition coefficient (Wildman–Crippen LogP) is 2.00. The van der Waals surface area contributed by atoms with Crippen LogP contribution < -0.4 is 4.74 Å². The van der Waals surface area contributed by atoms with Gasteiger partial charge in [0.25, 0.3) is 5.91 Å². The van der Waals surface area contributed by atoms with E-state index in [4.69, 9.17) is 9.47 Å². The van der Waals surface area contributed by atoms with Gasteiger partial charge in [0.05, 0.1) is 25.4 Å². The van der Waals surface area contributed by atoms with E-state index in [1.807, 2.05) is 18.2 Å². The first-order chi connectivity index (χ1) is 9.99. The summed E-state index contributed by atoms with van der Waals surface area (Å²) >= 11 is 0. The van der Waals surface area contributed by atoms with Crippen LogP contribution in [-0.4, -0.2) is 38.0 Å². The molecule has 0 unspecified atom stereocenters. The lowest BCUT2D eigenvalue weighted by Crippen LogP contribution is -2.19. The molecule has 1 aliphatic rings. The van der Waals surface area contributed by atoms with Gasteiger partial charge in [0.1, 0.15) is 5.75 Å². The molecule has 1 aromatic carbocycles. The minimum absolute atomic E-state index is 0.226. The van der Waals surface area contributed by atoms with Crippen molar-refractivity contribution in [1.82, 2.24) is 4.90 Å². The molecule has 0 saturated carbocycles. The van der Waals surface area contributed by atoms with Gasteiger partial charge in [-0.25, -0.2) is 4.79 Å². The van der Waals surface area contributed by atoms with Crippen molar-refractivity contribution >= 4 is 18.0 Å². The number of benzene rings is 1. The Balaban J connectivity index is 2.51. The van der Waals surface area contributed by atoms with E-state index >= 15 is 0 Å². The Morgan fingerprint density at radius 2 is 2.00 bits per heavy atom. The Kier molecular flexibility index (Phi) is 4.12. The summed E-state index contributed by atoms with van der Waals surface area (Å²) in [6.45, 7) is 1.72. The normalized spacial score (nSPS) is 16.7. The molecule has 2 rings (SSSR count). The first-order valence-electron chi connectivity index (χ1n) is 6.43. The third kappa shape index (κ3) is 2.67. The van der Waals surface area contributed by atoms with Crippen molar-refractivity contribution < 1.29 is 19.1 Å². The number of carbonyl (C=O) groups is 2. The Morgan fingerprint density at radius 3 is 2.62 bits per heavy atom. The third-order valence-electron chi connectivity index (χ3n) is 3.46. The second-order valence-corrected chi connectivity index (χ2v) is 4.65. The largest absolute Gasteiger partial charge is 0.497 e. The topological polar surface area (TPSA) is 55.8 Å². The van der Waals surface area contributed by atoms with Crippen molar-refractivity contribution in [3.05, 3.63) is 46.7 Å². The van der Waals surface area contributed by atoms with E-state index < -0.39 is 5.97 Å². The smallest absolute Gasteiger partial charge is 0.340 e. The summed E-state index contributed by atoms with van der Waals surface area (Å²) < 4.78 is 9.93. The number of rotatable bonds is 3. The van der Waals surface area contributed by atoms with E-state index in [0.29, 0.717) is 22.6 Å². The summed E-state index contributed by atoms with van der Waals surface area (Å²) in [6.07, 6.45) is 1.67. The lowest BCUT2D eigenvalue weighted by molar-refractivity contribution is -0.136. The van der Waals surface area contributed by atoms with Crippen molar-refractivity contribution in [3.63, 3.8) is 0 Å². The SMILES string of the molecule is COC(=O)C1=C(C)N(C)C(=O)/C1=C\c1cccc(OC)c1. The Hall–Kier alpha value is -2.56. The summed E-state index contributed by atoms with van der Waals surface area (Å²) in [4.78, 5) is 25.6. The number of nitrogens with zero attached hydrogens (tertiary/aromatic N) is 1. The molecule has 21 heavy (non-hydrogen) atoms. The van der Waals surface area contributed by atoms with Gasteiger partial charge in [0.15, 0.2) is 0 Å². The highest BCUT2D eigenvalue weighted by Crippen LogP contribution is 2.30. The molecule has 1 aliphatic heterocycles. The van der Waals surface area contributed by atoms with Crippen LogP contribution in [-0.2, 0) is 14.3 Å². The molecule has 0 aliphatic carbocycles. The molecular weight excluding hydrogens is 270 g/mol. The third-order valence-corrected chi connectivity index (χ3v) is 3.46. The first kappa shape index (κ1) is 14.8. The van der Waals surface area contributed by atoms with E-state index in [9.17, 15) is 9.59 Å². The zero-order valence-electron chi connectivity index (χ0n) is 12.5. The van der Waals surface area contributed by atoms with Crippen LogP contribution in [0.25, 0.3) is 6.08 Å². The molecule has 1 amide bonds. The fraction of sp³-hybridized carbons (Fsp3) is 0.250. The fourth-order valence-electron chi connectivity index (χ4n) is 2.19. The van der Waals surface area contributed by atoms with Crippen LogP contribution in [0, 0.1) is 0 Å². The van der Waals surface area contributed by atoms with Crippen LogP contribution in [0.2, 0.25) is 0 Å². The van der Waals surface area contributed by atoms with Crippen LogP contribution in [0.3, 0.4) is 0 Å². The number of hydrogen-bond donors (Lipinski definition) is 0. The number of allylic oxidation sites excluding steroid dienone is 1. The summed E-state index contributed by atoms with van der Waals surface area (Å²) in [5.74, 6) is -0.0569. The predicted molar refractivity (Wildman–Crippen MR) is 78.5 cm³/mol. The number of ether oxygens (including phenoxy) is 2. The maximum absolute atomic E-state index is 12.3. The van der Waals surface area contributed by atoms with Crippen LogP contribution in [0.5, 0.6) is 5.75 Å². The Labute approximate surface area is 123 Å². The molecule has 1 heterocycles. The van der Waals surface area contributed by atoms with Gasteiger partial charge < -0.3 is 14.4 Å². The minimum atomic E-state index is -0.514. The van der Waals surface area contributed by atoms with E-state index in [0.717, 1.165) is 5.56 Å².